The summed E-state index contributed by atoms with van der Waals surface area (Å²) in [6, 6.07) is 0. The molecule has 0 saturated carbocycles. The fourth-order valence-corrected chi connectivity index (χ4v) is 2.00. The molecule has 6 heteroatoms. The van der Waals surface area contributed by atoms with Gasteiger partial charge in [0, 0.05) is 0 Å². The Bertz CT molecular complexity index is 264. The molecular formula is C10H23NO4S. The van der Waals surface area contributed by atoms with Gasteiger partial charge in [-0.05, 0) is 26.9 Å². The van der Waals surface area contributed by atoms with Crippen LogP contribution in [0.3, 0.4) is 0 Å². The lowest BCUT2D eigenvalue weighted by molar-refractivity contribution is 0.0494. The van der Waals surface area contributed by atoms with Crippen LogP contribution in [0, 0.1) is 0 Å². The quantitative estimate of drug-likeness (QED) is 0.387. The highest BCUT2D eigenvalue weighted by Crippen LogP contribution is 2.12. The molecule has 0 aromatic heterocycles. The van der Waals surface area contributed by atoms with Crippen LogP contribution in [0.25, 0.3) is 0 Å². The molecule has 0 aliphatic rings. The molecule has 0 spiro atoms. The summed E-state index contributed by atoms with van der Waals surface area (Å²) in [6.07, 6.45) is 5.53. The molecular weight excluding hydrogens is 230 g/mol. The van der Waals surface area contributed by atoms with E-state index < -0.39 is 16.6 Å². The van der Waals surface area contributed by atoms with E-state index in [-0.39, 0.29) is 0 Å². The van der Waals surface area contributed by atoms with Crippen LogP contribution in [-0.4, -0.2) is 38.2 Å². The maximum Gasteiger partial charge on any atom is 0.398 e. The number of unbranched alkanes of at least 4 members (excludes halogenated alkanes) is 4. The maximum absolute atomic E-state index is 10.6. The third kappa shape index (κ3) is 9.08. The number of hydrogen-bond acceptors (Lipinski definition) is 4. The molecule has 0 aliphatic heterocycles. The highest BCUT2D eigenvalue weighted by Gasteiger charge is 2.18. The molecule has 0 aromatic rings. The summed E-state index contributed by atoms with van der Waals surface area (Å²) >= 11 is 0. The molecule has 1 N–H and O–H groups in total. The van der Waals surface area contributed by atoms with Gasteiger partial charge in [0.05, 0.1) is 0 Å². The lowest BCUT2D eigenvalue weighted by Crippen LogP contribution is -2.32. The molecule has 1 atom stereocenters. The summed E-state index contributed by atoms with van der Waals surface area (Å²) < 4.78 is 34.3. The van der Waals surface area contributed by atoms with Crippen LogP contribution in [0.4, 0.5) is 0 Å². The lowest BCUT2D eigenvalue weighted by atomic mass is 10.1. The molecule has 1 unspecified atom stereocenters. The molecule has 0 aliphatic carbocycles. The molecule has 0 heterocycles. The average Bonchev–Trinajstić information content (AvgIpc) is 2.13. The van der Waals surface area contributed by atoms with Crippen molar-refractivity contribution < 1.29 is 17.2 Å². The van der Waals surface area contributed by atoms with E-state index in [0.717, 1.165) is 19.3 Å². The van der Waals surface area contributed by atoms with Gasteiger partial charge in [-0.25, -0.2) is 4.18 Å². The summed E-state index contributed by atoms with van der Waals surface area (Å²) in [7, 11) is -0.909. The van der Waals surface area contributed by atoms with Crippen molar-refractivity contribution >= 4 is 10.4 Å². The van der Waals surface area contributed by atoms with E-state index in [9.17, 15) is 8.42 Å². The first-order chi connectivity index (χ1) is 7.37. The summed E-state index contributed by atoms with van der Waals surface area (Å²) in [4.78, 5) is 1.65. The Morgan fingerprint density at radius 2 is 1.75 bits per heavy atom. The second kappa shape index (κ2) is 8.00. The van der Waals surface area contributed by atoms with E-state index in [0.29, 0.717) is 6.42 Å². The highest BCUT2D eigenvalue weighted by atomic mass is 32.3. The minimum absolute atomic E-state index is 0.573. The summed E-state index contributed by atoms with van der Waals surface area (Å²) in [5.74, 6) is 0. The highest BCUT2D eigenvalue weighted by molar-refractivity contribution is 7.80. The molecule has 0 fully saturated rings. The van der Waals surface area contributed by atoms with Crippen molar-refractivity contribution in [1.29, 1.82) is 0 Å². The van der Waals surface area contributed by atoms with Crippen molar-refractivity contribution in [2.75, 3.05) is 14.1 Å². The summed E-state index contributed by atoms with van der Waals surface area (Å²) in [5, 5.41) is 0. The van der Waals surface area contributed by atoms with Crippen LogP contribution in [0.2, 0.25) is 0 Å². The predicted molar refractivity (Wildman–Crippen MR) is 63.5 cm³/mol. The molecule has 16 heavy (non-hydrogen) atoms. The van der Waals surface area contributed by atoms with Gasteiger partial charge in [0.2, 0.25) is 0 Å². The van der Waals surface area contributed by atoms with E-state index >= 15 is 0 Å². The largest absolute Gasteiger partial charge is 0.398 e. The van der Waals surface area contributed by atoms with E-state index in [1.807, 2.05) is 0 Å². The zero-order valence-corrected chi connectivity index (χ0v) is 11.2. The van der Waals surface area contributed by atoms with Crippen molar-refractivity contribution in [2.24, 2.45) is 0 Å². The molecule has 0 aromatic carbocycles. The Labute approximate surface area is 98.7 Å². The first-order valence-corrected chi connectivity index (χ1v) is 7.05. The first-order valence-electron chi connectivity index (χ1n) is 5.69. The number of nitrogens with zero attached hydrogens (tertiary/aromatic N) is 1. The topological polar surface area (TPSA) is 66.8 Å². The van der Waals surface area contributed by atoms with Gasteiger partial charge in [-0.3, -0.25) is 9.45 Å². The summed E-state index contributed by atoms with van der Waals surface area (Å²) in [6.45, 7) is 2.14. The normalized spacial score (nSPS) is 14.3. The van der Waals surface area contributed by atoms with Gasteiger partial charge in [0.1, 0.15) is 6.23 Å². The molecule has 0 rings (SSSR count). The van der Waals surface area contributed by atoms with Crippen molar-refractivity contribution in [1.82, 2.24) is 4.90 Å². The second-order valence-corrected chi connectivity index (χ2v) is 5.19. The van der Waals surface area contributed by atoms with Gasteiger partial charge in [0.25, 0.3) is 0 Å². The van der Waals surface area contributed by atoms with Crippen LogP contribution in [0.15, 0.2) is 0 Å². The van der Waals surface area contributed by atoms with Gasteiger partial charge in [-0.2, -0.15) is 8.42 Å². The molecule has 0 radical (unpaired) electrons. The Morgan fingerprint density at radius 1 is 1.19 bits per heavy atom. The standard InChI is InChI=1S/C10H23NO4S/c1-4-5-6-7-8-9-10(11(2)3)15-16(12,13)14/h10H,4-9H2,1-3H3,(H,12,13,14). The Hall–Kier alpha value is -0.170. The van der Waals surface area contributed by atoms with Gasteiger partial charge in [-0.1, -0.05) is 32.6 Å². The van der Waals surface area contributed by atoms with Crippen molar-refractivity contribution in [3.8, 4) is 0 Å². The van der Waals surface area contributed by atoms with Crippen LogP contribution in [0.5, 0.6) is 0 Å². The first kappa shape index (κ1) is 15.8. The average molecular weight is 253 g/mol. The van der Waals surface area contributed by atoms with E-state index in [2.05, 4.69) is 11.1 Å². The summed E-state index contributed by atoms with van der Waals surface area (Å²) in [5.41, 5.74) is 0. The van der Waals surface area contributed by atoms with E-state index in [4.69, 9.17) is 4.55 Å². The molecule has 98 valence electrons. The Morgan fingerprint density at radius 3 is 2.19 bits per heavy atom. The number of rotatable bonds is 9. The SMILES string of the molecule is CCCCCCCC(OS(=O)(=O)O)N(C)C. The van der Waals surface area contributed by atoms with Crippen LogP contribution in [-0.2, 0) is 14.6 Å². The Kier molecular flexibility index (Phi) is 7.91. The van der Waals surface area contributed by atoms with Gasteiger partial charge >= 0.3 is 10.4 Å². The fourth-order valence-electron chi connectivity index (χ4n) is 1.46. The molecule has 0 bridgehead atoms. The van der Waals surface area contributed by atoms with Crippen LogP contribution < -0.4 is 0 Å². The van der Waals surface area contributed by atoms with Crippen LogP contribution in [0.1, 0.15) is 45.4 Å². The van der Waals surface area contributed by atoms with Crippen molar-refractivity contribution in [2.45, 2.75) is 51.7 Å². The minimum atomic E-state index is -4.36. The molecule has 5 nitrogen and oxygen atoms in total. The fraction of sp³-hybridized carbons (Fsp3) is 1.00. The van der Waals surface area contributed by atoms with Crippen molar-refractivity contribution in [3.63, 3.8) is 0 Å². The predicted octanol–water partition coefficient (Wildman–Crippen LogP) is 2.05. The van der Waals surface area contributed by atoms with Crippen molar-refractivity contribution in [3.05, 3.63) is 0 Å². The third-order valence-corrected chi connectivity index (χ3v) is 2.83. The maximum atomic E-state index is 10.6. The lowest BCUT2D eigenvalue weighted by Gasteiger charge is -2.22. The van der Waals surface area contributed by atoms with Crippen LogP contribution >= 0.6 is 0 Å². The smallest absolute Gasteiger partial charge is 0.283 e. The monoisotopic (exact) mass is 253 g/mol. The molecule has 0 amide bonds. The van der Waals surface area contributed by atoms with Gasteiger partial charge in [-0.15, -0.1) is 0 Å². The molecule has 0 saturated heterocycles. The zero-order valence-electron chi connectivity index (χ0n) is 10.3. The second-order valence-electron chi connectivity index (χ2n) is 4.15. The van der Waals surface area contributed by atoms with E-state index in [1.54, 1.807) is 19.0 Å². The zero-order chi connectivity index (χ0) is 12.6. The third-order valence-electron chi connectivity index (χ3n) is 2.36. The van der Waals surface area contributed by atoms with Gasteiger partial charge in [0.15, 0.2) is 0 Å². The number of hydrogen-bond donors (Lipinski definition) is 1. The van der Waals surface area contributed by atoms with Gasteiger partial charge < -0.3 is 0 Å². The van der Waals surface area contributed by atoms with E-state index in [1.165, 1.54) is 12.8 Å². The minimum Gasteiger partial charge on any atom is -0.283 e. The Balaban J connectivity index is 3.87.